The smallest absolute Gasteiger partial charge is 0.303 e. The summed E-state index contributed by atoms with van der Waals surface area (Å²) in [5.41, 5.74) is 0. The summed E-state index contributed by atoms with van der Waals surface area (Å²) in [5.74, 6) is -4.39. The predicted octanol–water partition coefficient (Wildman–Crippen LogP) is -0.138. The van der Waals surface area contributed by atoms with Gasteiger partial charge in [0.2, 0.25) is 0 Å². The average molecular weight is 561 g/mol. The van der Waals surface area contributed by atoms with Gasteiger partial charge >= 0.3 is 35.8 Å². The summed E-state index contributed by atoms with van der Waals surface area (Å²) in [6.07, 6.45) is -7.49. The Bertz CT molecular complexity index is 959. The molecule has 8 atom stereocenters. The van der Waals surface area contributed by atoms with Crippen LogP contribution in [0.1, 0.15) is 41.5 Å². The number of ether oxygens (including phenoxy) is 9. The van der Waals surface area contributed by atoms with E-state index in [0.717, 1.165) is 34.6 Å². The predicted molar refractivity (Wildman–Crippen MR) is 123 cm³/mol. The summed E-state index contributed by atoms with van der Waals surface area (Å²) in [6.45, 7) is 5.92. The third-order valence-corrected chi connectivity index (χ3v) is 5.19. The van der Waals surface area contributed by atoms with Crippen LogP contribution in [0.4, 0.5) is 0 Å². The summed E-state index contributed by atoms with van der Waals surface area (Å²) in [6, 6.07) is 0. The molecule has 0 aromatic carbocycles. The van der Waals surface area contributed by atoms with Crippen LogP contribution >= 0.6 is 0 Å². The van der Waals surface area contributed by atoms with Crippen molar-refractivity contribution < 1.29 is 71.4 Å². The van der Waals surface area contributed by atoms with E-state index in [4.69, 9.17) is 42.6 Å². The minimum atomic E-state index is -1.48. The molecule has 1 fully saturated rings. The highest BCUT2D eigenvalue weighted by molar-refractivity contribution is 5.69. The van der Waals surface area contributed by atoms with Crippen LogP contribution in [0.5, 0.6) is 0 Å². The van der Waals surface area contributed by atoms with Gasteiger partial charge in [-0.15, -0.1) is 0 Å². The molecule has 0 bridgehead atoms. The highest BCUT2D eigenvalue weighted by Gasteiger charge is 2.53. The fourth-order valence-corrected chi connectivity index (χ4v) is 3.90. The molecule has 1 saturated heterocycles. The average Bonchev–Trinajstić information content (AvgIpc) is 2.79. The van der Waals surface area contributed by atoms with E-state index in [1.165, 1.54) is 19.3 Å². The Hall–Kier alpha value is -3.72. The first kappa shape index (κ1) is 31.5. The van der Waals surface area contributed by atoms with Crippen molar-refractivity contribution in [2.24, 2.45) is 0 Å². The van der Waals surface area contributed by atoms with Crippen molar-refractivity contribution in [3.8, 4) is 0 Å². The van der Waals surface area contributed by atoms with Crippen molar-refractivity contribution in [3.63, 3.8) is 0 Å². The second-order valence-electron chi connectivity index (χ2n) is 8.55. The van der Waals surface area contributed by atoms with Crippen LogP contribution in [0.25, 0.3) is 0 Å². The summed E-state index contributed by atoms with van der Waals surface area (Å²) < 4.78 is 48.7. The fraction of sp³-hybridized carbons (Fsp3) is 0.667. The van der Waals surface area contributed by atoms with Gasteiger partial charge in [0, 0.05) is 41.5 Å². The highest BCUT2D eigenvalue weighted by atomic mass is 16.7. The Labute approximate surface area is 223 Å². The van der Waals surface area contributed by atoms with Crippen LogP contribution in [-0.4, -0.2) is 98.0 Å². The SMILES string of the molecule is CC(=O)OC[C@H]1O[C@H](OC[C@H]2OC=C[C@@H](OC(C)=O)[C@@H]2OC(C)=O)[C@H](OC(C)=O)[C@@H](OC(C)=O)[C@H]1OC(C)=O. The molecule has 218 valence electrons. The van der Waals surface area contributed by atoms with E-state index in [1.54, 1.807) is 0 Å². The monoisotopic (exact) mass is 560 g/mol. The maximum atomic E-state index is 11.9. The van der Waals surface area contributed by atoms with Gasteiger partial charge in [0.05, 0.1) is 12.9 Å². The lowest BCUT2D eigenvalue weighted by atomic mass is 9.98. The first-order valence-corrected chi connectivity index (χ1v) is 11.9. The van der Waals surface area contributed by atoms with Crippen molar-refractivity contribution in [1.82, 2.24) is 0 Å². The maximum Gasteiger partial charge on any atom is 0.303 e. The quantitative estimate of drug-likeness (QED) is 0.254. The molecule has 2 aliphatic heterocycles. The number of rotatable bonds is 10. The number of esters is 6. The van der Waals surface area contributed by atoms with E-state index in [2.05, 4.69) is 0 Å². The Balaban J connectivity index is 2.37. The molecule has 0 aromatic rings. The van der Waals surface area contributed by atoms with Gasteiger partial charge in [0.15, 0.2) is 42.9 Å². The van der Waals surface area contributed by atoms with Crippen LogP contribution < -0.4 is 0 Å². The van der Waals surface area contributed by atoms with E-state index in [1.807, 2.05) is 0 Å². The lowest BCUT2D eigenvalue weighted by molar-refractivity contribution is -0.313. The third kappa shape index (κ3) is 9.83. The molecule has 0 amide bonds. The fourth-order valence-electron chi connectivity index (χ4n) is 3.90. The van der Waals surface area contributed by atoms with E-state index < -0.39 is 91.4 Å². The molecule has 2 heterocycles. The van der Waals surface area contributed by atoms with Gasteiger partial charge in [-0.3, -0.25) is 28.8 Å². The first-order valence-electron chi connectivity index (χ1n) is 11.9. The van der Waals surface area contributed by atoms with Crippen molar-refractivity contribution in [2.75, 3.05) is 13.2 Å². The van der Waals surface area contributed by atoms with E-state index in [-0.39, 0.29) is 6.61 Å². The zero-order valence-electron chi connectivity index (χ0n) is 22.3. The summed E-state index contributed by atoms with van der Waals surface area (Å²) >= 11 is 0. The first-order chi connectivity index (χ1) is 18.3. The third-order valence-electron chi connectivity index (χ3n) is 5.19. The largest absolute Gasteiger partial charge is 0.492 e. The van der Waals surface area contributed by atoms with E-state index >= 15 is 0 Å². The molecule has 0 spiro atoms. The lowest BCUT2D eigenvalue weighted by Crippen LogP contribution is -2.63. The Morgan fingerprint density at radius 1 is 0.590 bits per heavy atom. The molecule has 2 rings (SSSR count). The number of carbonyl (C=O) groups is 6. The van der Waals surface area contributed by atoms with Crippen molar-refractivity contribution >= 4 is 35.8 Å². The van der Waals surface area contributed by atoms with Gasteiger partial charge in [0.1, 0.15) is 12.7 Å². The Morgan fingerprint density at radius 2 is 1.10 bits per heavy atom. The molecule has 39 heavy (non-hydrogen) atoms. The molecule has 15 heteroatoms. The zero-order chi connectivity index (χ0) is 29.3. The van der Waals surface area contributed by atoms with Gasteiger partial charge < -0.3 is 42.6 Å². The normalized spacial score (nSPS) is 29.7. The van der Waals surface area contributed by atoms with Crippen LogP contribution in [0.15, 0.2) is 12.3 Å². The molecular formula is C24H32O15. The summed E-state index contributed by atoms with van der Waals surface area (Å²) in [4.78, 5) is 70.4. The Morgan fingerprint density at radius 3 is 1.64 bits per heavy atom. The molecule has 0 saturated carbocycles. The minimum Gasteiger partial charge on any atom is -0.492 e. The van der Waals surface area contributed by atoms with Crippen LogP contribution in [-0.2, 0) is 71.4 Å². The van der Waals surface area contributed by atoms with Crippen LogP contribution in [0.2, 0.25) is 0 Å². The second-order valence-corrected chi connectivity index (χ2v) is 8.55. The highest BCUT2D eigenvalue weighted by Crippen LogP contribution is 2.31. The number of hydrogen-bond acceptors (Lipinski definition) is 15. The molecule has 0 aromatic heterocycles. The Kier molecular flexibility index (Phi) is 11.7. The summed E-state index contributed by atoms with van der Waals surface area (Å²) in [5, 5.41) is 0. The van der Waals surface area contributed by atoms with Gasteiger partial charge in [0.25, 0.3) is 0 Å². The standard InChI is InChI=1S/C24H32O15/c1-11(25)32-10-19-21(36-14(4)28)22(37-15(5)29)23(38-16(6)30)24(39-19)33-9-18-20(35-13(3)27)17(7-8-31-18)34-12(2)26/h7-8,17-24H,9-10H2,1-6H3/t17-,18-,19-,20+,21+,22+,23-,24+/m1/s1. The number of carbonyl (C=O) groups excluding carboxylic acids is 6. The van der Waals surface area contributed by atoms with E-state index in [9.17, 15) is 28.8 Å². The minimum absolute atomic E-state index is 0.381. The zero-order valence-corrected chi connectivity index (χ0v) is 22.3. The van der Waals surface area contributed by atoms with Gasteiger partial charge in [-0.25, -0.2) is 0 Å². The van der Waals surface area contributed by atoms with Gasteiger partial charge in [-0.1, -0.05) is 0 Å². The maximum absolute atomic E-state index is 11.9. The van der Waals surface area contributed by atoms with Gasteiger partial charge in [-0.05, 0) is 6.08 Å². The molecule has 2 aliphatic rings. The van der Waals surface area contributed by atoms with Crippen molar-refractivity contribution in [1.29, 1.82) is 0 Å². The van der Waals surface area contributed by atoms with Crippen molar-refractivity contribution in [3.05, 3.63) is 12.3 Å². The molecule has 0 N–H and O–H groups in total. The van der Waals surface area contributed by atoms with Gasteiger partial charge in [-0.2, -0.15) is 0 Å². The molecular weight excluding hydrogens is 528 g/mol. The topological polar surface area (TPSA) is 185 Å². The van der Waals surface area contributed by atoms with Crippen molar-refractivity contribution in [2.45, 2.75) is 90.6 Å². The lowest BCUT2D eigenvalue weighted by Gasteiger charge is -2.44. The molecule has 15 nitrogen and oxygen atoms in total. The second kappa shape index (κ2) is 14.4. The molecule has 0 unspecified atom stereocenters. The number of hydrogen-bond donors (Lipinski definition) is 0. The van der Waals surface area contributed by atoms with Crippen LogP contribution in [0.3, 0.4) is 0 Å². The summed E-state index contributed by atoms with van der Waals surface area (Å²) in [7, 11) is 0. The molecule has 0 radical (unpaired) electrons. The van der Waals surface area contributed by atoms with Crippen LogP contribution in [0, 0.1) is 0 Å². The van der Waals surface area contributed by atoms with E-state index in [0.29, 0.717) is 0 Å². The molecule has 0 aliphatic carbocycles.